The van der Waals surface area contributed by atoms with Crippen molar-refractivity contribution in [2.75, 3.05) is 6.61 Å². The molecule has 1 heterocycles. The van der Waals surface area contributed by atoms with Gasteiger partial charge < -0.3 is 9.15 Å². The Labute approximate surface area is 121 Å². The van der Waals surface area contributed by atoms with Crippen LogP contribution >= 0.6 is 0 Å². The fraction of sp³-hybridized carbons (Fsp3) is 0.333. The number of hydroxylamine groups is 1. The number of nitrogens with one attached hydrogen (secondary N) is 1. The molecule has 0 radical (unpaired) electrons. The van der Waals surface area contributed by atoms with E-state index in [9.17, 15) is 9.59 Å². The fourth-order valence-electron chi connectivity index (χ4n) is 2.00. The number of rotatable bonds is 7. The second-order valence-electron chi connectivity index (χ2n) is 4.62. The molecule has 0 spiro atoms. The van der Waals surface area contributed by atoms with Crippen molar-refractivity contribution in [2.45, 2.75) is 25.7 Å². The lowest BCUT2D eigenvalue weighted by atomic mass is 10.2. The molecule has 1 aromatic heterocycles. The molecule has 6 heteroatoms. The molecule has 21 heavy (non-hydrogen) atoms. The van der Waals surface area contributed by atoms with Crippen LogP contribution in [0.1, 0.15) is 25.7 Å². The molecule has 0 atom stereocenters. The highest BCUT2D eigenvalue weighted by molar-refractivity contribution is 5.82. The van der Waals surface area contributed by atoms with Crippen LogP contribution in [0.2, 0.25) is 0 Å². The third kappa shape index (κ3) is 4.32. The molecule has 2 rings (SSSR count). The predicted molar refractivity (Wildman–Crippen MR) is 76.4 cm³/mol. The summed E-state index contributed by atoms with van der Waals surface area (Å²) >= 11 is 0. The van der Waals surface area contributed by atoms with Gasteiger partial charge in [-0.3, -0.25) is 10.0 Å². The molecule has 1 amide bonds. The zero-order valence-electron chi connectivity index (χ0n) is 11.5. The van der Waals surface area contributed by atoms with Crippen molar-refractivity contribution in [3.63, 3.8) is 0 Å². The van der Waals surface area contributed by atoms with Gasteiger partial charge in [-0.15, -0.1) is 0 Å². The first-order valence-corrected chi connectivity index (χ1v) is 6.79. The summed E-state index contributed by atoms with van der Waals surface area (Å²) in [5.74, 6) is 0.123. The van der Waals surface area contributed by atoms with Crippen LogP contribution in [0.4, 0.5) is 0 Å². The number of ether oxygens (including phenoxy) is 1. The van der Waals surface area contributed by atoms with Crippen molar-refractivity contribution < 1.29 is 19.2 Å². The summed E-state index contributed by atoms with van der Waals surface area (Å²) < 4.78 is 10.7. The number of unbranched alkanes of at least 4 members (excludes halogenated alkanes) is 2. The number of carbonyl (C=O) groups is 1. The number of amides is 1. The minimum Gasteiger partial charge on any atom is -0.493 e. The quantitative estimate of drug-likeness (QED) is 0.353. The zero-order valence-corrected chi connectivity index (χ0v) is 11.5. The lowest BCUT2D eigenvalue weighted by Crippen LogP contribution is -2.17. The number of carbonyl (C=O) groups excluding carboxylic acids is 1. The third-order valence-electron chi connectivity index (χ3n) is 3.04. The summed E-state index contributed by atoms with van der Waals surface area (Å²) in [6.45, 7) is 0.453. The van der Waals surface area contributed by atoms with Crippen LogP contribution in [0.3, 0.4) is 0 Å². The Morgan fingerprint density at radius 3 is 2.86 bits per heavy atom. The summed E-state index contributed by atoms with van der Waals surface area (Å²) in [4.78, 5) is 22.2. The van der Waals surface area contributed by atoms with Gasteiger partial charge in [0.05, 0.1) is 18.1 Å². The van der Waals surface area contributed by atoms with Gasteiger partial charge in [0.2, 0.25) is 5.91 Å². The smallest absolute Gasteiger partial charge is 0.339 e. The molecule has 0 saturated carbocycles. The summed E-state index contributed by atoms with van der Waals surface area (Å²) in [5, 5.41) is 9.11. The standard InChI is InChI=1S/C15H17NO5/c17-14(16-19)8-2-1-5-9-20-13-10-15(18)21-12-7-4-3-6-11(12)13/h3-4,6-7,10,19H,1-2,5,8-9H2,(H,16,17). The van der Waals surface area contributed by atoms with E-state index in [2.05, 4.69) is 0 Å². The van der Waals surface area contributed by atoms with Gasteiger partial charge in [0, 0.05) is 6.42 Å². The molecule has 0 aliphatic carbocycles. The predicted octanol–water partition coefficient (Wildman–Crippen LogP) is 2.24. The average Bonchev–Trinajstić information content (AvgIpc) is 2.50. The van der Waals surface area contributed by atoms with E-state index in [0.29, 0.717) is 24.4 Å². The van der Waals surface area contributed by atoms with Crippen molar-refractivity contribution in [1.82, 2.24) is 5.48 Å². The van der Waals surface area contributed by atoms with E-state index in [0.717, 1.165) is 18.2 Å². The molecule has 2 N–H and O–H groups in total. The van der Waals surface area contributed by atoms with Gasteiger partial charge in [0.15, 0.2) is 0 Å². The molecule has 2 aromatic rings. The van der Waals surface area contributed by atoms with E-state index in [1.807, 2.05) is 12.1 Å². The van der Waals surface area contributed by atoms with Crippen LogP contribution in [0, 0.1) is 0 Å². The third-order valence-corrected chi connectivity index (χ3v) is 3.04. The van der Waals surface area contributed by atoms with Gasteiger partial charge >= 0.3 is 5.63 Å². The molecule has 112 valence electrons. The molecule has 0 aliphatic heterocycles. The minimum atomic E-state index is -0.441. The van der Waals surface area contributed by atoms with E-state index >= 15 is 0 Å². The summed E-state index contributed by atoms with van der Waals surface area (Å²) in [7, 11) is 0. The van der Waals surface area contributed by atoms with Crippen molar-refractivity contribution in [1.29, 1.82) is 0 Å². The molecular weight excluding hydrogens is 274 g/mol. The first-order chi connectivity index (χ1) is 10.2. The maximum absolute atomic E-state index is 11.4. The number of benzene rings is 1. The normalized spacial score (nSPS) is 10.5. The van der Waals surface area contributed by atoms with Crippen LogP contribution in [0.25, 0.3) is 11.0 Å². The molecule has 0 unspecified atom stereocenters. The Balaban J connectivity index is 1.86. The summed E-state index contributed by atoms with van der Waals surface area (Å²) in [5.41, 5.74) is 1.65. The highest BCUT2D eigenvalue weighted by atomic mass is 16.5. The van der Waals surface area contributed by atoms with Crippen LogP contribution in [-0.2, 0) is 4.79 Å². The summed E-state index contributed by atoms with van der Waals surface area (Å²) in [6.07, 6.45) is 2.52. The lowest BCUT2D eigenvalue weighted by Gasteiger charge is -2.08. The second-order valence-corrected chi connectivity index (χ2v) is 4.62. The van der Waals surface area contributed by atoms with Gasteiger partial charge in [-0.05, 0) is 31.4 Å². The molecular formula is C15H17NO5. The molecule has 6 nitrogen and oxygen atoms in total. The number of fused-ring (bicyclic) bond motifs is 1. The Hall–Kier alpha value is -2.34. The minimum absolute atomic E-state index is 0.286. The van der Waals surface area contributed by atoms with E-state index in [4.69, 9.17) is 14.4 Å². The largest absolute Gasteiger partial charge is 0.493 e. The first-order valence-electron chi connectivity index (χ1n) is 6.79. The topological polar surface area (TPSA) is 88.8 Å². The van der Waals surface area contributed by atoms with E-state index in [1.54, 1.807) is 17.6 Å². The number of hydrogen-bond donors (Lipinski definition) is 2. The van der Waals surface area contributed by atoms with Crippen LogP contribution in [-0.4, -0.2) is 17.7 Å². The average molecular weight is 291 g/mol. The maximum Gasteiger partial charge on any atom is 0.339 e. The van der Waals surface area contributed by atoms with Gasteiger partial charge in [-0.1, -0.05) is 12.1 Å². The van der Waals surface area contributed by atoms with Gasteiger partial charge in [-0.25, -0.2) is 10.3 Å². The SMILES string of the molecule is O=C(CCCCCOc1cc(=O)oc2ccccc12)NO. The Kier molecular flexibility index (Phi) is 5.34. The zero-order chi connectivity index (χ0) is 15.1. The molecule has 0 saturated heterocycles. The van der Waals surface area contributed by atoms with Gasteiger partial charge in [0.1, 0.15) is 11.3 Å². The fourth-order valence-corrected chi connectivity index (χ4v) is 2.00. The van der Waals surface area contributed by atoms with Gasteiger partial charge in [0.25, 0.3) is 0 Å². The molecule has 0 aliphatic rings. The Morgan fingerprint density at radius 2 is 2.05 bits per heavy atom. The van der Waals surface area contributed by atoms with Gasteiger partial charge in [-0.2, -0.15) is 0 Å². The Bertz CT molecular complexity index is 664. The second kappa shape index (κ2) is 7.44. The van der Waals surface area contributed by atoms with Crippen LogP contribution in [0.5, 0.6) is 5.75 Å². The molecule has 0 fully saturated rings. The Morgan fingerprint density at radius 1 is 1.24 bits per heavy atom. The van der Waals surface area contributed by atoms with Crippen LogP contribution < -0.4 is 15.8 Å². The van der Waals surface area contributed by atoms with E-state index < -0.39 is 5.63 Å². The maximum atomic E-state index is 11.4. The lowest BCUT2D eigenvalue weighted by molar-refractivity contribution is -0.129. The number of para-hydroxylation sites is 1. The number of hydrogen-bond acceptors (Lipinski definition) is 5. The van der Waals surface area contributed by atoms with Crippen molar-refractivity contribution in [3.8, 4) is 5.75 Å². The van der Waals surface area contributed by atoms with E-state index in [-0.39, 0.29) is 12.3 Å². The highest BCUT2D eigenvalue weighted by Crippen LogP contribution is 2.23. The van der Waals surface area contributed by atoms with Crippen LogP contribution in [0.15, 0.2) is 39.5 Å². The van der Waals surface area contributed by atoms with Crippen molar-refractivity contribution >= 4 is 16.9 Å². The molecule has 1 aromatic carbocycles. The first kappa shape index (κ1) is 15.1. The monoisotopic (exact) mass is 291 g/mol. The molecule has 0 bridgehead atoms. The summed E-state index contributed by atoms with van der Waals surface area (Å²) in [6, 6.07) is 8.53. The van der Waals surface area contributed by atoms with Crippen molar-refractivity contribution in [3.05, 3.63) is 40.8 Å². The highest BCUT2D eigenvalue weighted by Gasteiger charge is 2.06. The van der Waals surface area contributed by atoms with E-state index in [1.165, 1.54) is 6.07 Å². The van der Waals surface area contributed by atoms with Crippen molar-refractivity contribution in [2.24, 2.45) is 0 Å².